The highest BCUT2D eigenvalue weighted by Crippen LogP contribution is 2.43. The van der Waals surface area contributed by atoms with E-state index in [1.807, 2.05) is 0 Å². The van der Waals surface area contributed by atoms with Crippen LogP contribution in [-0.4, -0.2) is 28.8 Å². The molecule has 26 heavy (non-hydrogen) atoms. The molecule has 3 atom stereocenters. The van der Waals surface area contributed by atoms with Crippen LogP contribution in [0.1, 0.15) is 22.0 Å². The normalized spacial score (nSPS) is 25.9. The molecular weight excluding hydrogens is 349 g/mol. The zero-order valence-corrected chi connectivity index (χ0v) is 13.3. The van der Waals surface area contributed by atoms with Gasteiger partial charge in [0.05, 0.1) is 6.04 Å². The number of aliphatic hydroxyl groups is 1. The van der Waals surface area contributed by atoms with Crippen LogP contribution in [0.2, 0.25) is 0 Å². The van der Waals surface area contributed by atoms with Crippen molar-refractivity contribution in [2.45, 2.75) is 17.9 Å². The predicted octanol–water partition coefficient (Wildman–Crippen LogP) is 2.79. The second kappa shape index (κ2) is 6.45. The first-order valence-corrected chi connectivity index (χ1v) is 7.76. The van der Waals surface area contributed by atoms with Crippen LogP contribution >= 0.6 is 0 Å². The molecular formula is C18H15F3N2O3. The third kappa shape index (κ3) is 3.03. The van der Waals surface area contributed by atoms with Gasteiger partial charge in [-0.15, -0.1) is 0 Å². The maximum atomic E-state index is 13.7. The van der Waals surface area contributed by atoms with Crippen molar-refractivity contribution in [3.05, 3.63) is 71.8 Å². The molecule has 0 aliphatic carbocycles. The summed E-state index contributed by atoms with van der Waals surface area (Å²) < 4.78 is 41.0. The summed E-state index contributed by atoms with van der Waals surface area (Å²) in [7, 11) is 0. The van der Waals surface area contributed by atoms with Crippen LogP contribution < -0.4 is 10.6 Å². The Morgan fingerprint density at radius 2 is 1.54 bits per heavy atom. The largest absolute Gasteiger partial charge is 0.437 e. The van der Waals surface area contributed by atoms with Crippen LogP contribution in [0.5, 0.6) is 0 Å². The molecule has 8 heteroatoms. The maximum absolute atomic E-state index is 13.7. The molecule has 0 spiro atoms. The van der Waals surface area contributed by atoms with E-state index in [9.17, 15) is 27.9 Å². The van der Waals surface area contributed by atoms with Gasteiger partial charge in [0.1, 0.15) is 5.92 Å². The van der Waals surface area contributed by atoms with Crippen molar-refractivity contribution in [1.29, 1.82) is 0 Å². The van der Waals surface area contributed by atoms with Crippen LogP contribution in [0.4, 0.5) is 18.0 Å². The number of ketones is 1. The number of rotatable bonds is 3. The Labute approximate surface area is 146 Å². The number of alkyl halides is 3. The first-order chi connectivity index (χ1) is 12.2. The van der Waals surface area contributed by atoms with Crippen LogP contribution in [0.15, 0.2) is 60.7 Å². The molecule has 0 saturated carbocycles. The van der Waals surface area contributed by atoms with Crippen molar-refractivity contribution >= 4 is 11.8 Å². The van der Waals surface area contributed by atoms with E-state index >= 15 is 0 Å². The van der Waals surface area contributed by atoms with E-state index in [0.717, 1.165) is 0 Å². The Morgan fingerprint density at radius 3 is 2.08 bits per heavy atom. The predicted molar refractivity (Wildman–Crippen MR) is 86.1 cm³/mol. The zero-order valence-electron chi connectivity index (χ0n) is 13.3. The van der Waals surface area contributed by atoms with Crippen LogP contribution in [0.25, 0.3) is 0 Å². The highest BCUT2D eigenvalue weighted by molar-refractivity contribution is 6.00. The van der Waals surface area contributed by atoms with Gasteiger partial charge in [0.25, 0.3) is 0 Å². The minimum atomic E-state index is -5.26. The molecule has 2 aromatic carbocycles. The molecule has 5 nitrogen and oxygen atoms in total. The van der Waals surface area contributed by atoms with Gasteiger partial charge in [0.2, 0.25) is 5.72 Å². The smallest absolute Gasteiger partial charge is 0.363 e. The molecule has 1 aliphatic heterocycles. The number of benzene rings is 2. The highest BCUT2D eigenvalue weighted by Gasteiger charge is 2.66. The topological polar surface area (TPSA) is 78.4 Å². The lowest BCUT2D eigenvalue weighted by molar-refractivity contribution is -0.287. The quantitative estimate of drug-likeness (QED) is 0.733. The average Bonchev–Trinajstić information content (AvgIpc) is 2.61. The molecule has 0 radical (unpaired) electrons. The fourth-order valence-corrected chi connectivity index (χ4v) is 3.06. The van der Waals surface area contributed by atoms with E-state index in [1.54, 1.807) is 24.3 Å². The lowest BCUT2D eigenvalue weighted by Crippen LogP contribution is -2.72. The maximum Gasteiger partial charge on any atom is 0.437 e. The number of nitrogens with one attached hydrogen (secondary N) is 2. The third-order valence-electron chi connectivity index (χ3n) is 4.31. The van der Waals surface area contributed by atoms with Crippen molar-refractivity contribution in [2.24, 2.45) is 5.92 Å². The summed E-state index contributed by atoms with van der Waals surface area (Å²) in [5.74, 6) is -2.95. The van der Waals surface area contributed by atoms with Crippen molar-refractivity contribution in [3.8, 4) is 0 Å². The molecule has 3 rings (SSSR count). The molecule has 1 heterocycles. The number of carbonyl (C=O) groups excluding carboxylic acids is 2. The Morgan fingerprint density at radius 1 is 1.00 bits per heavy atom. The van der Waals surface area contributed by atoms with Crippen LogP contribution in [0, 0.1) is 5.92 Å². The van der Waals surface area contributed by atoms with Crippen molar-refractivity contribution in [2.75, 3.05) is 0 Å². The average molecular weight is 364 g/mol. The van der Waals surface area contributed by atoms with Gasteiger partial charge in [-0.05, 0) is 5.56 Å². The van der Waals surface area contributed by atoms with Gasteiger partial charge in [-0.1, -0.05) is 60.7 Å². The van der Waals surface area contributed by atoms with Crippen LogP contribution in [-0.2, 0) is 0 Å². The van der Waals surface area contributed by atoms with Crippen LogP contribution in [0.3, 0.4) is 0 Å². The Kier molecular flexibility index (Phi) is 4.45. The fourth-order valence-electron chi connectivity index (χ4n) is 3.06. The van der Waals surface area contributed by atoms with Gasteiger partial charge >= 0.3 is 12.2 Å². The first-order valence-electron chi connectivity index (χ1n) is 7.76. The van der Waals surface area contributed by atoms with Crippen molar-refractivity contribution in [1.82, 2.24) is 10.6 Å². The standard InChI is InChI=1S/C18H15F3N2O3/c19-18(20,21)17(26)13(15(24)12-9-5-2-6-10-12)14(22-16(25)23-17)11-7-3-1-4-8-11/h1-10,13-14,26H,(H2,22,23,25)/t13-,14+,17-/m0/s1. The van der Waals surface area contributed by atoms with E-state index in [2.05, 4.69) is 5.32 Å². The van der Waals surface area contributed by atoms with Gasteiger partial charge in [0.15, 0.2) is 5.78 Å². The molecule has 1 fully saturated rings. The van der Waals surface area contributed by atoms with E-state index in [0.29, 0.717) is 0 Å². The number of urea groups is 1. The minimum Gasteiger partial charge on any atom is -0.363 e. The zero-order chi connectivity index (χ0) is 18.9. The second-order valence-electron chi connectivity index (χ2n) is 5.96. The Hall–Kier alpha value is -2.87. The summed E-state index contributed by atoms with van der Waals surface area (Å²) >= 11 is 0. The molecule has 0 aromatic heterocycles. The Balaban J connectivity index is 2.15. The van der Waals surface area contributed by atoms with E-state index in [1.165, 1.54) is 41.7 Å². The molecule has 2 aromatic rings. The number of carbonyl (C=O) groups is 2. The number of halogens is 3. The Bertz CT molecular complexity index is 811. The summed E-state index contributed by atoms with van der Waals surface area (Å²) in [5, 5.41) is 14.2. The monoisotopic (exact) mass is 364 g/mol. The molecule has 1 aliphatic rings. The van der Waals surface area contributed by atoms with E-state index in [-0.39, 0.29) is 11.1 Å². The molecule has 1 saturated heterocycles. The molecule has 3 N–H and O–H groups in total. The van der Waals surface area contributed by atoms with Gasteiger partial charge in [0, 0.05) is 5.56 Å². The van der Waals surface area contributed by atoms with E-state index in [4.69, 9.17) is 0 Å². The van der Waals surface area contributed by atoms with Gasteiger partial charge in [-0.25, -0.2) is 4.79 Å². The summed E-state index contributed by atoms with van der Waals surface area (Å²) in [4.78, 5) is 24.7. The minimum absolute atomic E-state index is 0.000875. The van der Waals surface area contributed by atoms with Gasteiger partial charge < -0.3 is 15.7 Å². The fraction of sp³-hybridized carbons (Fsp3) is 0.222. The first kappa shape index (κ1) is 17.9. The molecule has 0 bridgehead atoms. The van der Waals surface area contributed by atoms with Gasteiger partial charge in [-0.2, -0.15) is 13.2 Å². The third-order valence-corrected chi connectivity index (χ3v) is 4.31. The number of Topliss-reactive ketones (excluding diaryl/α,β-unsaturated/α-hetero) is 1. The molecule has 0 unspecified atom stereocenters. The number of hydrogen-bond acceptors (Lipinski definition) is 3. The highest BCUT2D eigenvalue weighted by atomic mass is 19.4. The van der Waals surface area contributed by atoms with Gasteiger partial charge in [-0.3, -0.25) is 4.79 Å². The van der Waals surface area contributed by atoms with Crippen molar-refractivity contribution in [3.63, 3.8) is 0 Å². The number of hydrogen-bond donors (Lipinski definition) is 3. The second-order valence-corrected chi connectivity index (χ2v) is 5.96. The summed E-state index contributed by atoms with van der Waals surface area (Å²) in [5.41, 5.74) is -3.43. The van der Waals surface area contributed by atoms with Crippen molar-refractivity contribution < 1.29 is 27.9 Å². The lowest BCUT2D eigenvalue weighted by atomic mass is 9.77. The summed E-state index contributed by atoms with van der Waals surface area (Å²) in [6.45, 7) is 0. The SMILES string of the molecule is O=C1N[C@H](c2ccccc2)[C@@H](C(=O)c2ccccc2)[C@](O)(C(F)(F)F)N1. The summed E-state index contributed by atoms with van der Waals surface area (Å²) in [6.07, 6.45) is -5.26. The van der Waals surface area contributed by atoms with E-state index < -0.39 is 35.7 Å². The number of amides is 2. The summed E-state index contributed by atoms with van der Waals surface area (Å²) in [6, 6.07) is 12.5. The molecule has 2 amide bonds. The molecule has 136 valence electrons. The lowest BCUT2D eigenvalue weighted by Gasteiger charge is -2.45.